The van der Waals surface area contributed by atoms with E-state index in [1.165, 1.54) is 7.11 Å². The standard InChI is InChI=1S/C11H13N3O2/c1-16-11(15)8(12)6-10-7-4-2-3-5-9(7)13-14-10/h2-5,8H,6,12H2,1H3,(H,13,14). The number of hydrogen-bond donors (Lipinski definition) is 2. The molecule has 0 fully saturated rings. The van der Waals surface area contributed by atoms with Crippen molar-refractivity contribution in [2.45, 2.75) is 12.5 Å². The van der Waals surface area contributed by atoms with Gasteiger partial charge in [-0.3, -0.25) is 9.89 Å². The SMILES string of the molecule is COC(=O)C(N)Cc1n[nH]c2ccccc12. The molecule has 0 aliphatic carbocycles. The maximum atomic E-state index is 11.2. The van der Waals surface area contributed by atoms with Crippen molar-refractivity contribution in [1.29, 1.82) is 0 Å². The number of aromatic amines is 1. The molecule has 0 radical (unpaired) electrons. The van der Waals surface area contributed by atoms with E-state index in [9.17, 15) is 4.79 Å². The lowest BCUT2D eigenvalue weighted by atomic mass is 10.1. The largest absolute Gasteiger partial charge is 0.468 e. The van der Waals surface area contributed by atoms with Crippen LogP contribution < -0.4 is 5.73 Å². The van der Waals surface area contributed by atoms with E-state index in [1.54, 1.807) is 0 Å². The molecular formula is C11H13N3O2. The zero-order chi connectivity index (χ0) is 11.5. The number of methoxy groups -OCH3 is 1. The Bertz CT molecular complexity index is 507. The number of carbonyl (C=O) groups excluding carboxylic acids is 1. The predicted octanol–water partition coefficient (Wildman–Crippen LogP) is 0.606. The van der Waals surface area contributed by atoms with E-state index >= 15 is 0 Å². The summed E-state index contributed by atoms with van der Waals surface area (Å²) in [5, 5.41) is 8.02. The highest BCUT2D eigenvalue weighted by atomic mass is 16.5. The number of ether oxygens (including phenoxy) is 1. The molecule has 0 spiro atoms. The molecule has 84 valence electrons. The first-order chi connectivity index (χ1) is 7.72. The van der Waals surface area contributed by atoms with Crippen molar-refractivity contribution in [2.75, 3.05) is 7.11 Å². The molecule has 5 nitrogen and oxygen atoms in total. The van der Waals surface area contributed by atoms with E-state index < -0.39 is 12.0 Å². The van der Waals surface area contributed by atoms with Crippen LogP contribution in [0.3, 0.4) is 0 Å². The number of rotatable bonds is 3. The Labute approximate surface area is 92.6 Å². The molecule has 3 N–H and O–H groups in total. The third-order valence-electron chi connectivity index (χ3n) is 2.47. The van der Waals surface area contributed by atoms with Gasteiger partial charge in [-0.2, -0.15) is 5.10 Å². The van der Waals surface area contributed by atoms with Crippen LogP contribution in [0.1, 0.15) is 5.69 Å². The highest BCUT2D eigenvalue weighted by Crippen LogP contribution is 2.16. The minimum absolute atomic E-state index is 0.372. The monoisotopic (exact) mass is 219 g/mol. The van der Waals surface area contributed by atoms with Crippen LogP contribution in [-0.2, 0) is 16.0 Å². The molecule has 1 atom stereocenters. The van der Waals surface area contributed by atoms with E-state index in [-0.39, 0.29) is 0 Å². The Hall–Kier alpha value is -1.88. The second-order valence-corrected chi connectivity index (χ2v) is 3.55. The third kappa shape index (κ3) is 1.90. The van der Waals surface area contributed by atoms with Gasteiger partial charge in [0.05, 0.1) is 18.3 Å². The van der Waals surface area contributed by atoms with Crippen LogP contribution >= 0.6 is 0 Å². The molecule has 0 aliphatic rings. The Balaban J connectivity index is 2.24. The number of esters is 1. The van der Waals surface area contributed by atoms with Crippen molar-refractivity contribution in [3.63, 3.8) is 0 Å². The number of benzene rings is 1. The number of H-pyrrole nitrogens is 1. The van der Waals surface area contributed by atoms with Gasteiger partial charge < -0.3 is 10.5 Å². The Morgan fingerprint density at radius 2 is 2.31 bits per heavy atom. The summed E-state index contributed by atoms with van der Waals surface area (Å²) in [5.74, 6) is -0.424. The van der Waals surface area contributed by atoms with Gasteiger partial charge in [0.2, 0.25) is 0 Å². The average Bonchev–Trinajstić information content (AvgIpc) is 2.72. The zero-order valence-corrected chi connectivity index (χ0v) is 8.93. The van der Waals surface area contributed by atoms with Gasteiger partial charge in [-0.1, -0.05) is 18.2 Å². The summed E-state index contributed by atoms with van der Waals surface area (Å²) in [5.41, 5.74) is 7.41. The van der Waals surface area contributed by atoms with Crippen LogP contribution in [0, 0.1) is 0 Å². The first kappa shape index (κ1) is 10.6. The summed E-state index contributed by atoms with van der Waals surface area (Å²) in [6.45, 7) is 0. The van der Waals surface area contributed by atoms with Crippen molar-refractivity contribution in [2.24, 2.45) is 5.73 Å². The molecule has 1 unspecified atom stereocenters. The van der Waals surface area contributed by atoms with Crippen LogP contribution in [0.4, 0.5) is 0 Å². The van der Waals surface area contributed by atoms with Crippen molar-refractivity contribution in [3.8, 4) is 0 Å². The van der Waals surface area contributed by atoms with Crippen LogP contribution in [0.5, 0.6) is 0 Å². The van der Waals surface area contributed by atoms with Gasteiger partial charge in [0.25, 0.3) is 0 Å². The molecule has 2 aromatic rings. The van der Waals surface area contributed by atoms with E-state index in [0.717, 1.165) is 16.6 Å². The number of nitrogens with one attached hydrogen (secondary N) is 1. The number of aromatic nitrogens is 2. The second kappa shape index (κ2) is 4.32. The van der Waals surface area contributed by atoms with Gasteiger partial charge in [-0.25, -0.2) is 0 Å². The van der Waals surface area contributed by atoms with Crippen molar-refractivity contribution in [1.82, 2.24) is 10.2 Å². The topological polar surface area (TPSA) is 81.0 Å². The first-order valence-corrected chi connectivity index (χ1v) is 4.97. The fraction of sp³-hybridized carbons (Fsp3) is 0.273. The van der Waals surface area contributed by atoms with Crippen molar-refractivity contribution in [3.05, 3.63) is 30.0 Å². The number of hydrogen-bond acceptors (Lipinski definition) is 4. The lowest BCUT2D eigenvalue weighted by Crippen LogP contribution is -2.33. The van der Waals surface area contributed by atoms with E-state index in [2.05, 4.69) is 14.9 Å². The smallest absolute Gasteiger partial charge is 0.323 e. The van der Waals surface area contributed by atoms with E-state index in [0.29, 0.717) is 6.42 Å². The molecule has 5 heteroatoms. The lowest BCUT2D eigenvalue weighted by molar-refractivity contribution is -0.142. The fourth-order valence-corrected chi connectivity index (χ4v) is 1.62. The number of nitrogens with two attached hydrogens (primary N) is 1. The quantitative estimate of drug-likeness (QED) is 0.741. The summed E-state index contributed by atoms with van der Waals surface area (Å²) in [7, 11) is 1.32. The van der Waals surface area contributed by atoms with E-state index in [1.807, 2.05) is 24.3 Å². The van der Waals surface area contributed by atoms with Gasteiger partial charge in [0.15, 0.2) is 0 Å². The molecule has 1 aromatic carbocycles. The summed E-state index contributed by atoms with van der Waals surface area (Å²) < 4.78 is 4.57. The molecule has 0 amide bonds. The summed E-state index contributed by atoms with van der Waals surface area (Å²) >= 11 is 0. The Morgan fingerprint density at radius 1 is 1.56 bits per heavy atom. The molecule has 0 bridgehead atoms. The lowest BCUT2D eigenvalue weighted by Gasteiger charge is -2.06. The predicted molar refractivity (Wildman–Crippen MR) is 59.8 cm³/mol. The van der Waals surface area contributed by atoms with Crippen LogP contribution in [-0.4, -0.2) is 29.3 Å². The molecule has 1 heterocycles. The number of nitrogens with zero attached hydrogens (tertiary/aromatic N) is 1. The molecule has 2 rings (SSSR count). The van der Waals surface area contributed by atoms with E-state index in [4.69, 9.17) is 5.73 Å². The highest BCUT2D eigenvalue weighted by molar-refractivity contribution is 5.82. The van der Waals surface area contributed by atoms with Crippen LogP contribution in [0.2, 0.25) is 0 Å². The Morgan fingerprint density at radius 3 is 3.06 bits per heavy atom. The normalized spacial score (nSPS) is 12.6. The van der Waals surface area contributed by atoms with Gasteiger partial charge >= 0.3 is 5.97 Å². The number of carbonyl (C=O) groups is 1. The molecule has 0 saturated heterocycles. The summed E-state index contributed by atoms with van der Waals surface area (Å²) in [6, 6.07) is 7.04. The fourth-order valence-electron chi connectivity index (χ4n) is 1.62. The maximum Gasteiger partial charge on any atom is 0.323 e. The van der Waals surface area contributed by atoms with Crippen LogP contribution in [0.25, 0.3) is 10.9 Å². The van der Waals surface area contributed by atoms with Gasteiger partial charge in [0, 0.05) is 11.8 Å². The number of fused-ring (bicyclic) bond motifs is 1. The van der Waals surface area contributed by atoms with Gasteiger partial charge in [-0.15, -0.1) is 0 Å². The molecule has 0 saturated carbocycles. The minimum Gasteiger partial charge on any atom is -0.468 e. The molecule has 1 aromatic heterocycles. The molecule has 0 aliphatic heterocycles. The third-order valence-corrected chi connectivity index (χ3v) is 2.47. The maximum absolute atomic E-state index is 11.2. The second-order valence-electron chi connectivity index (χ2n) is 3.55. The average molecular weight is 219 g/mol. The zero-order valence-electron chi connectivity index (χ0n) is 8.93. The molecule has 16 heavy (non-hydrogen) atoms. The van der Waals surface area contributed by atoms with Gasteiger partial charge in [-0.05, 0) is 6.07 Å². The minimum atomic E-state index is -0.670. The van der Waals surface area contributed by atoms with Gasteiger partial charge in [0.1, 0.15) is 6.04 Å². The highest BCUT2D eigenvalue weighted by Gasteiger charge is 2.17. The first-order valence-electron chi connectivity index (χ1n) is 4.97. The Kier molecular flexibility index (Phi) is 2.87. The van der Waals surface area contributed by atoms with Crippen LogP contribution in [0.15, 0.2) is 24.3 Å². The van der Waals surface area contributed by atoms with Crippen molar-refractivity contribution < 1.29 is 9.53 Å². The summed E-state index contributed by atoms with van der Waals surface area (Å²) in [4.78, 5) is 11.2. The number of para-hydroxylation sites is 1. The summed E-state index contributed by atoms with van der Waals surface area (Å²) in [6.07, 6.45) is 0.372. The van der Waals surface area contributed by atoms with Crippen molar-refractivity contribution >= 4 is 16.9 Å². The molecular weight excluding hydrogens is 206 g/mol.